The van der Waals surface area contributed by atoms with Gasteiger partial charge in [-0.1, -0.05) is 54.6 Å². The molecule has 8 heteroatoms. The second-order valence-electron chi connectivity index (χ2n) is 7.44. The van der Waals surface area contributed by atoms with Gasteiger partial charge in [-0.25, -0.2) is 4.79 Å². The number of hydrogen-bond acceptors (Lipinski definition) is 5. The molecule has 0 saturated heterocycles. The van der Waals surface area contributed by atoms with Crippen molar-refractivity contribution in [1.29, 1.82) is 0 Å². The lowest BCUT2D eigenvalue weighted by molar-refractivity contribution is -0.143. The van der Waals surface area contributed by atoms with Crippen LogP contribution in [0.1, 0.15) is 24.0 Å². The van der Waals surface area contributed by atoms with E-state index in [9.17, 15) is 14.4 Å². The highest BCUT2D eigenvalue weighted by molar-refractivity contribution is 5.94. The molecule has 0 saturated carbocycles. The third kappa shape index (κ3) is 5.33. The van der Waals surface area contributed by atoms with E-state index in [1.807, 2.05) is 36.4 Å². The number of carbonyl (C=O) groups is 3. The molecule has 3 N–H and O–H groups in total. The van der Waals surface area contributed by atoms with Crippen LogP contribution in [0.5, 0.6) is 0 Å². The van der Waals surface area contributed by atoms with Crippen molar-refractivity contribution in [2.45, 2.75) is 12.8 Å². The lowest BCUT2D eigenvalue weighted by atomic mass is 9.98. The maximum absolute atomic E-state index is 12.3. The highest BCUT2D eigenvalue weighted by atomic mass is 16.5. The predicted molar refractivity (Wildman–Crippen MR) is 118 cm³/mol. The number of alkyl carbamates (subject to hydrolysis) is 1. The zero-order chi connectivity index (χ0) is 23.1. The Morgan fingerprint density at radius 2 is 1.66 bits per heavy atom. The quantitative estimate of drug-likeness (QED) is 0.518. The second-order valence-corrected chi connectivity index (χ2v) is 7.44. The van der Waals surface area contributed by atoms with Gasteiger partial charge in [-0.05, 0) is 29.2 Å². The number of aliphatic hydroxyl groups is 1. The van der Waals surface area contributed by atoms with Gasteiger partial charge >= 0.3 is 12.1 Å². The number of fused-ring (bicyclic) bond motifs is 3. The highest BCUT2D eigenvalue weighted by Gasteiger charge is 2.28. The van der Waals surface area contributed by atoms with Gasteiger partial charge in [-0.2, -0.15) is 0 Å². The van der Waals surface area contributed by atoms with Crippen LogP contribution in [0.25, 0.3) is 11.1 Å². The second kappa shape index (κ2) is 10.6. The molecule has 0 atom stereocenters. The van der Waals surface area contributed by atoms with E-state index < -0.39 is 24.5 Å². The molecule has 2 aromatic carbocycles. The molecule has 0 aromatic heterocycles. The van der Waals surface area contributed by atoms with Crippen LogP contribution in [0, 0.1) is 0 Å². The van der Waals surface area contributed by atoms with Gasteiger partial charge in [0.05, 0.1) is 6.61 Å². The highest BCUT2D eigenvalue weighted by Crippen LogP contribution is 2.44. The third-order valence-electron chi connectivity index (χ3n) is 5.32. The van der Waals surface area contributed by atoms with Crippen LogP contribution in [-0.2, 0) is 14.3 Å². The monoisotopic (exact) mass is 438 g/mol. The minimum absolute atomic E-state index is 0.0462. The largest absolute Gasteiger partial charge is 0.480 e. The van der Waals surface area contributed by atoms with Crippen molar-refractivity contribution in [3.63, 3.8) is 0 Å². The summed E-state index contributed by atoms with van der Waals surface area (Å²) in [6.07, 6.45) is 0.872. The number of aliphatic hydroxyl groups excluding tert-OH is 1. The van der Waals surface area contributed by atoms with Crippen LogP contribution >= 0.6 is 0 Å². The van der Waals surface area contributed by atoms with E-state index >= 15 is 0 Å². The number of hydrogen-bond donors (Lipinski definition) is 3. The summed E-state index contributed by atoms with van der Waals surface area (Å²) in [4.78, 5) is 36.4. The number of nitrogens with zero attached hydrogens (tertiary/aromatic N) is 1. The van der Waals surface area contributed by atoms with Crippen LogP contribution in [0.3, 0.4) is 0 Å². The van der Waals surface area contributed by atoms with E-state index in [1.165, 1.54) is 13.0 Å². The minimum atomic E-state index is -1.17. The standard InChI is InChI=1S/C24H26N2O6/c1-16(23(30)26(12-13-27)14-22(28)29)10-11-25-24(31)32-15-21-19-8-4-2-6-17(19)18-7-3-5-9-20(18)21/h2-10,21,27H,11-15H2,1H3,(H,25,31)(H,28,29)/b16-10+. The lowest BCUT2D eigenvalue weighted by Crippen LogP contribution is -2.38. The Bertz CT molecular complexity index is 987. The van der Waals surface area contributed by atoms with Gasteiger partial charge in [-0.15, -0.1) is 0 Å². The summed E-state index contributed by atoms with van der Waals surface area (Å²) in [7, 11) is 0. The summed E-state index contributed by atoms with van der Waals surface area (Å²) >= 11 is 0. The Morgan fingerprint density at radius 3 is 2.22 bits per heavy atom. The first kappa shape index (κ1) is 23.0. The Kier molecular flexibility index (Phi) is 7.62. The van der Waals surface area contributed by atoms with Crippen molar-refractivity contribution in [3.05, 3.63) is 71.3 Å². The molecule has 0 unspecified atom stereocenters. The molecule has 1 aliphatic rings. The normalized spacial score (nSPS) is 12.6. The van der Waals surface area contributed by atoms with Crippen LogP contribution in [0.4, 0.5) is 4.79 Å². The van der Waals surface area contributed by atoms with Crippen molar-refractivity contribution < 1.29 is 29.3 Å². The number of carboxylic acid groups (broad SMARTS) is 1. The first-order valence-electron chi connectivity index (χ1n) is 10.3. The lowest BCUT2D eigenvalue weighted by Gasteiger charge is -2.19. The smallest absolute Gasteiger partial charge is 0.407 e. The van der Waals surface area contributed by atoms with E-state index in [1.54, 1.807) is 0 Å². The number of carbonyl (C=O) groups excluding carboxylic acids is 2. The molecule has 0 spiro atoms. The molecule has 0 bridgehead atoms. The topological polar surface area (TPSA) is 116 Å². The average molecular weight is 438 g/mol. The average Bonchev–Trinajstić information content (AvgIpc) is 3.10. The van der Waals surface area contributed by atoms with Crippen LogP contribution < -0.4 is 5.32 Å². The molecular weight excluding hydrogens is 412 g/mol. The van der Waals surface area contributed by atoms with E-state index in [0.29, 0.717) is 0 Å². The Balaban J connectivity index is 1.54. The van der Waals surface area contributed by atoms with Crippen molar-refractivity contribution in [1.82, 2.24) is 10.2 Å². The molecule has 1 aliphatic carbocycles. The number of rotatable bonds is 9. The van der Waals surface area contributed by atoms with Crippen LogP contribution in [0.2, 0.25) is 0 Å². The summed E-state index contributed by atoms with van der Waals surface area (Å²) < 4.78 is 5.44. The van der Waals surface area contributed by atoms with Crippen molar-refractivity contribution in [3.8, 4) is 11.1 Å². The maximum atomic E-state index is 12.3. The number of aliphatic carboxylic acids is 1. The van der Waals surface area contributed by atoms with Crippen molar-refractivity contribution in [2.75, 3.05) is 32.8 Å². The van der Waals surface area contributed by atoms with E-state index in [0.717, 1.165) is 27.2 Å². The Morgan fingerprint density at radius 1 is 1.06 bits per heavy atom. The van der Waals surface area contributed by atoms with Gasteiger partial charge < -0.3 is 25.2 Å². The first-order valence-corrected chi connectivity index (χ1v) is 10.3. The third-order valence-corrected chi connectivity index (χ3v) is 5.32. The predicted octanol–water partition coefficient (Wildman–Crippen LogP) is 2.38. The molecule has 168 valence electrons. The maximum Gasteiger partial charge on any atom is 0.407 e. The van der Waals surface area contributed by atoms with Gasteiger partial charge in [0, 0.05) is 24.6 Å². The molecule has 0 fully saturated rings. The van der Waals surface area contributed by atoms with Gasteiger partial charge in [0.2, 0.25) is 5.91 Å². The van der Waals surface area contributed by atoms with Gasteiger partial charge in [0.1, 0.15) is 13.2 Å². The fourth-order valence-corrected chi connectivity index (χ4v) is 3.81. The number of nitrogens with one attached hydrogen (secondary N) is 1. The Labute approximate surface area is 186 Å². The van der Waals surface area contributed by atoms with Gasteiger partial charge in [0.15, 0.2) is 0 Å². The fourth-order valence-electron chi connectivity index (χ4n) is 3.81. The summed E-state index contributed by atoms with van der Waals surface area (Å²) in [5.74, 6) is -1.73. The molecular formula is C24H26N2O6. The van der Waals surface area contributed by atoms with Gasteiger partial charge in [0.25, 0.3) is 0 Å². The van der Waals surface area contributed by atoms with Gasteiger partial charge in [-0.3, -0.25) is 9.59 Å². The van der Waals surface area contributed by atoms with E-state index in [2.05, 4.69) is 17.4 Å². The molecule has 2 aromatic rings. The van der Waals surface area contributed by atoms with E-state index in [4.69, 9.17) is 14.9 Å². The van der Waals surface area contributed by atoms with Crippen molar-refractivity contribution >= 4 is 18.0 Å². The van der Waals surface area contributed by atoms with E-state index in [-0.39, 0.29) is 37.8 Å². The summed E-state index contributed by atoms with van der Waals surface area (Å²) in [5.41, 5.74) is 4.78. The number of benzene rings is 2. The number of ether oxygens (including phenoxy) is 1. The number of carboxylic acids is 1. The summed E-state index contributed by atoms with van der Waals surface area (Å²) in [5, 5.41) is 20.5. The first-order chi connectivity index (χ1) is 15.4. The molecule has 0 heterocycles. The zero-order valence-electron chi connectivity index (χ0n) is 17.8. The SMILES string of the molecule is C/C(=C\CNC(=O)OCC1c2ccccc2-c2ccccc21)C(=O)N(CCO)CC(=O)O. The molecule has 32 heavy (non-hydrogen) atoms. The molecule has 8 nitrogen and oxygen atoms in total. The van der Waals surface area contributed by atoms with Crippen LogP contribution in [-0.4, -0.2) is 65.9 Å². The minimum Gasteiger partial charge on any atom is -0.480 e. The summed E-state index contributed by atoms with van der Waals surface area (Å²) in [6.45, 7) is 0.817. The van der Waals surface area contributed by atoms with Crippen molar-refractivity contribution in [2.24, 2.45) is 0 Å². The zero-order valence-corrected chi connectivity index (χ0v) is 17.8. The molecule has 0 aliphatic heterocycles. The molecule has 3 rings (SSSR count). The molecule has 2 amide bonds. The molecule has 0 radical (unpaired) electrons. The number of amides is 2. The van der Waals surface area contributed by atoms with Crippen LogP contribution in [0.15, 0.2) is 60.2 Å². The summed E-state index contributed by atoms with van der Waals surface area (Å²) in [6, 6.07) is 16.1. The fraction of sp³-hybridized carbons (Fsp3) is 0.292. The Hall–Kier alpha value is -3.65.